The summed E-state index contributed by atoms with van der Waals surface area (Å²) in [6, 6.07) is 6.05. The number of sulfonamides is 1. The average molecular weight is 593 g/mol. The molecule has 228 valence electrons. The van der Waals surface area contributed by atoms with E-state index in [1.54, 1.807) is 6.08 Å². The number of benzene rings is 1. The Labute approximate surface area is 253 Å². The van der Waals surface area contributed by atoms with E-state index in [-0.39, 0.29) is 16.0 Å². The molecule has 1 aromatic carbocycles. The lowest BCUT2D eigenvalue weighted by molar-refractivity contribution is 0.254. The van der Waals surface area contributed by atoms with Crippen molar-refractivity contribution in [3.63, 3.8) is 0 Å². The topological polar surface area (TPSA) is 94.8 Å². The van der Waals surface area contributed by atoms with Crippen LogP contribution in [0, 0.1) is 16.7 Å². The molecule has 0 aromatic heterocycles. The maximum absolute atomic E-state index is 12.9. The SMILES string of the molecule is CC=C(/C=C(\C(=N)CCCC)S(=O)(=O)NC)c1ccc2c(c1)CN(C1=C3CC(C)(C)CCC3=C(C)C(C)C=N1)CCO2. The highest BCUT2D eigenvalue weighted by molar-refractivity contribution is 7.94. The highest BCUT2D eigenvalue weighted by Gasteiger charge is 2.34. The first-order chi connectivity index (χ1) is 19.9. The van der Waals surface area contributed by atoms with Crippen LogP contribution in [-0.4, -0.2) is 45.4 Å². The standard InChI is InChI=1S/C34H48N4O3S/c1-8-10-11-30(35)32(42(39,40)36-7)19-25(9-2)26-12-13-31-27(18-26)22-38(16-17-41-31)33-29-20-34(5,6)15-14-28(29)24(4)23(3)21-37-33/h9,12-13,18-19,21,23,35-36H,8,10-11,14-17,20,22H2,1-7H3/b25-9?,32-19+,35-30?. The van der Waals surface area contributed by atoms with Crippen LogP contribution in [0.15, 0.2) is 62.8 Å². The van der Waals surface area contributed by atoms with Gasteiger partial charge in [-0.05, 0) is 98.9 Å². The van der Waals surface area contributed by atoms with Crippen molar-refractivity contribution >= 4 is 27.5 Å². The van der Waals surface area contributed by atoms with Crippen LogP contribution in [0.1, 0.15) is 91.2 Å². The number of allylic oxidation sites excluding steroid dienone is 7. The second-order valence-electron chi connectivity index (χ2n) is 12.5. The van der Waals surface area contributed by atoms with E-state index in [1.165, 1.54) is 30.2 Å². The smallest absolute Gasteiger partial charge is 0.242 e. The van der Waals surface area contributed by atoms with E-state index < -0.39 is 10.0 Å². The molecule has 0 radical (unpaired) electrons. The van der Waals surface area contributed by atoms with Crippen molar-refractivity contribution in [2.24, 2.45) is 16.3 Å². The van der Waals surface area contributed by atoms with Gasteiger partial charge in [-0.2, -0.15) is 0 Å². The first kappa shape index (κ1) is 32.0. The van der Waals surface area contributed by atoms with Gasteiger partial charge in [-0.3, -0.25) is 0 Å². The van der Waals surface area contributed by atoms with Gasteiger partial charge in [-0.15, -0.1) is 0 Å². The maximum atomic E-state index is 12.9. The van der Waals surface area contributed by atoms with E-state index in [9.17, 15) is 8.42 Å². The Morgan fingerprint density at radius 2 is 2.05 bits per heavy atom. The van der Waals surface area contributed by atoms with Crippen LogP contribution in [0.25, 0.3) is 5.57 Å². The summed E-state index contributed by atoms with van der Waals surface area (Å²) in [5, 5.41) is 8.54. The van der Waals surface area contributed by atoms with Crippen LogP contribution < -0.4 is 9.46 Å². The van der Waals surface area contributed by atoms with Gasteiger partial charge in [0.2, 0.25) is 10.0 Å². The molecule has 1 aliphatic carbocycles. The number of rotatable bonds is 9. The molecule has 3 aliphatic rings. The molecule has 0 saturated heterocycles. The first-order valence-electron chi connectivity index (χ1n) is 15.3. The van der Waals surface area contributed by atoms with Gasteiger partial charge >= 0.3 is 0 Å². The molecule has 8 heteroatoms. The average Bonchev–Trinajstić information content (AvgIpc) is 3.23. The highest BCUT2D eigenvalue weighted by Crippen LogP contribution is 2.46. The Bertz CT molecular complexity index is 1480. The summed E-state index contributed by atoms with van der Waals surface area (Å²) in [4.78, 5) is 7.48. The number of nitrogens with one attached hydrogen (secondary N) is 2. The minimum atomic E-state index is -3.80. The predicted octanol–water partition coefficient (Wildman–Crippen LogP) is 7.39. The molecule has 1 fully saturated rings. The van der Waals surface area contributed by atoms with Gasteiger partial charge in [0.15, 0.2) is 0 Å². The van der Waals surface area contributed by atoms with Crippen LogP contribution in [0.5, 0.6) is 5.75 Å². The number of fused-ring (bicyclic) bond motifs is 2. The molecule has 1 saturated carbocycles. The Morgan fingerprint density at radius 3 is 2.74 bits per heavy atom. The van der Waals surface area contributed by atoms with Crippen LogP contribution in [-0.2, 0) is 16.6 Å². The minimum Gasteiger partial charge on any atom is -0.491 e. The van der Waals surface area contributed by atoms with Crippen molar-refractivity contribution in [3.8, 4) is 5.75 Å². The lowest BCUT2D eigenvalue weighted by atomic mass is 9.71. The van der Waals surface area contributed by atoms with E-state index in [0.717, 1.165) is 60.5 Å². The summed E-state index contributed by atoms with van der Waals surface area (Å²) in [5.41, 5.74) is 7.29. The quantitative estimate of drug-likeness (QED) is 0.231. The van der Waals surface area contributed by atoms with Gasteiger partial charge in [-0.1, -0.05) is 51.8 Å². The van der Waals surface area contributed by atoms with Crippen molar-refractivity contribution < 1.29 is 13.2 Å². The zero-order valence-electron chi connectivity index (χ0n) is 26.4. The van der Waals surface area contributed by atoms with Gasteiger partial charge < -0.3 is 15.0 Å². The molecule has 7 nitrogen and oxygen atoms in total. The fraction of sp³-hybridized carbons (Fsp3) is 0.529. The molecule has 0 amide bonds. The summed E-state index contributed by atoms with van der Waals surface area (Å²) in [7, 11) is -2.41. The van der Waals surface area contributed by atoms with Crippen LogP contribution in [0.2, 0.25) is 0 Å². The Morgan fingerprint density at radius 1 is 1.29 bits per heavy atom. The van der Waals surface area contributed by atoms with E-state index in [1.807, 2.05) is 32.1 Å². The van der Waals surface area contributed by atoms with Crippen LogP contribution >= 0.6 is 0 Å². The number of ether oxygens (including phenoxy) is 1. The second kappa shape index (κ2) is 13.1. The summed E-state index contributed by atoms with van der Waals surface area (Å²) < 4.78 is 34.5. The zero-order valence-corrected chi connectivity index (χ0v) is 27.2. The summed E-state index contributed by atoms with van der Waals surface area (Å²) in [6.45, 7) is 15.1. The van der Waals surface area contributed by atoms with Crippen LogP contribution in [0.4, 0.5) is 0 Å². The monoisotopic (exact) mass is 592 g/mol. The molecule has 2 heterocycles. The van der Waals surface area contributed by atoms with Crippen LogP contribution in [0.3, 0.4) is 0 Å². The molecule has 2 N–H and O–H groups in total. The summed E-state index contributed by atoms with van der Waals surface area (Å²) in [5.74, 6) is 2.20. The van der Waals surface area contributed by atoms with Crippen molar-refractivity contribution in [2.75, 3.05) is 20.2 Å². The third-order valence-corrected chi connectivity index (χ3v) is 10.3. The zero-order chi connectivity index (χ0) is 30.7. The molecule has 2 aliphatic heterocycles. The molecule has 1 unspecified atom stereocenters. The van der Waals surface area contributed by atoms with Gasteiger partial charge in [0.25, 0.3) is 0 Å². The van der Waals surface area contributed by atoms with E-state index in [0.29, 0.717) is 25.5 Å². The molecule has 42 heavy (non-hydrogen) atoms. The van der Waals surface area contributed by atoms with E-state index >= 15 is 0 Å². The number of nitrogens with zero attached hydrogens (tertiary/aromatic N) is 2. The Balaban J connectivity index is 1.74. The maximum Gasteiger partial charge on any atom is 0.242 e. The first-order valence-corrected chi connectivity index (χ1v) is 16.8. The summed E-state index contributed by atoms with van der Waals surface area (Å²) >= 11 is 0. The van der Waals surface area contributed by atoms with Gasteiger partial charge in [0, 0.05) is 24.2 Å². The van der Waals surface area contributed by atoms with Gasteiger partial charge in [-0.25, -0.2) is 18.1 Å². The predicted molar refractivity (Wildman–Crippen MR) is 174 cm³/mol. The third kappa shape index (κ3) is 6.97. The number of hydrogen-bond acceptors (Lipinski definition) is 6. The Kier molecular flexibility index (Phi) is 9.99. The van der Waals surface area contributed by atoms with E-state index in [2.05, 4.69) is 49.6 Å². The summed E-state index contributed by atoms with van der Waals surface area (Å²) in [6.07, 6.45) is 11.0. The van der Waals surface area contributed by atoms with Crippen molar-refractivity contribution in [3.05, 3.63) is 68.9 Å². The molecule has 4 rings (SSSR count). The lowest BCUT2D eigenvalue weighted by Gasteiger charge is -2.36. The largest absolute Gasteiger partial charge is 0.491 e. The fourth-order valence-electron chi connectivity index (χ4n) is 6.00. The van der Waals surface area contributed by atoms with Gasteiger partial charge in [0.1, 0.15) is 23.1 Å². The number of unbranched alkanes of at least 4 members (excludes halogenated alkanes) is 1. The second-order valence-corrected chi connectivity index (χ2v) is 14.4. The minimum absolute atomic E-state index is 0.0165. The van der Waals surface area contributed by atoms with Gasteiger partial charge in [0.05, 0.1) is 12.3 Å². The third-order valence-electron chi connectivity index (χ3n) is 8.83. The lowest BCUT2D eigenvalue weighted by Crippen LogP contribution is -2.28. The molecule has 0 bridgehead atoms. The molecule has 1 atom stereocenters. The molecular formula is C34H48N4O3S. The number of hydrogen-bond donors (Lipinski definition) is 2. The normalized spacial score (nSPS) is 21.4. The van der Waals surface area contributed by atoms with Crippen molar-refractivity contribution in [2.45, 2.75) is 86.6 Å². The Hall–Kier alpha value is -2.97. The van der Waals surface area contributed by atoms with Crippen molar-refractivity contribution in [1.82, 2.24) is 9.62 Å². The number of aliphatic imine (C=N–C) groups is 1. The fourth-order valence-corrected chi connectivity index (χ4v) is 6.93. The molecular weight excluding hydrogens is 544 g/mol. The highest BCUT2D eigenvalue weighted by atomic mass is 32.2. The van der Waals surface area contributed by atoms with Crippen molar-refractivity contribution in [1.29, 1.82) is 5.41 Å². The molecule has 0 spiro atoms. The van der Waals surface area contributed by atoms with E-state index in [4.69, 9.17) is 15.1 Å². The molecule has 1 aromatic rings.